The molecule has 0 N–H and O–H groups in total. The van der Waals surface area contributed by atoms with Crippen LogP contribution in [0.2, 0.25) is 0 Å². The second-order valence-corrected chi connectivity index (χ2v) is 5.97. The maximum Gasteiger partial charge on any atom is 0.167 e. The molecule has 0 amide bonds. The number of ether oxygens (including phenoxy) is 1. The van der Waals surface area contributed by atoms with Gasteiger partial charge >= 0.3 is 0 Å². The van der Waals surface area contributed by atoms with E-state index in [2.05, 4.69) is 13.8 Å². The molecule has 1 aromatic carbocycles. The smallest absolute Gasteiger partial charge is 0.167 e. The van der Waals surface area contributed by atoms with E-state index in [1.807, 2.05) is 36.4 Å². The van der Waals surface area contributed by atoms with Crippen molar-refractivity contribution in [3.8, 4) is 17.0 Å². The molecule has 3 rings (SSSR count). The number of ketones is 1. The summed E-state index contributed by atoms with van der Waals surface area (Å²) in [5, 5.41) is 0. The summed E-state index contributed by atoms with van der Waals surface area (Å²) in [4.78, 5) is 17.3. The van der Waals surface area contributed by atoms with Crippen molar-refractivity contribution < 1.29 is 9.53 Å². The van der Waals surface area contributed by atoms with E-state index in [4.69, 9.17) is 9.72 Å². The number of nitrogens with zero attached hydrogens (tertiary/aromatic N) is 1. The topological polar surface area (TPSA) is 39.2 Å². The van der Waals surface area contributed by atoms with Crippen LogP contribution in [0, 0.1) is 5.92 Å². The molecule has 1 aliphatic rings. The molecule has 0 saturated carbocycles. The highest BCUT2D eigenvalue weighted by atomic mass is 16.5. The standard InChI is InChI=1S/C19H21NO2/c1-4-13-10-12(2)18-16(19(13)21)8-9-17(20-18)14-6-5-7-15(11-14)22-3/h5-9,11-13H,4,10H2,1-3H3. The van der Waals surface area contributed by atoms with Gasteiger partial charge in [-0.15, -0.1) is 0 Å². The molecule has 0 spiro atoms. The molecule has 2 unspecified atom stereocenters. The molecule has 114 valence electrons. The van der Waals surface area contributed by atoms with E-state index in [0.29, 0.717) is 5.92 Å². The first-order chi connectivity index (χ1) is 10.6. The SMILES string of the molecule is CCC1CC(C)c2nc(-c3cccc(OC)c3)ccc2C1=O. The minimum absolute atomic E-state index is 0.145. The van der Waals surface area contributed by atoms with Crippen molar-refractivity contribution in [2.24, 2.45) is 5.92 Å². The number of benzene rings is 1. The second kappa shape index (κ2) is 5.91. The van der Waals surface area contributed by atoms with Crippen molar-refractivity contribution in [3.05, 3.63) is 47.7 Å². The Hall–Kier alpha value is -2.16. The van der Waals surface area contributed by atoms with Gasteiger partial charge in [0, 0.05) is 17.0 Å². The molecule has 1 aromatic heterocycles. The maximum atomic E-state index is 12.5. The molecule has 2 aromatic rings. The van der Waals surface area contributed by atoms with E-state index in [1.54, 1.807) is 7.11 Å². The number of methoxy groups -OCH3 is 1. The molecule has 0 saturated heterocycles. The summed E-state index contributed by atoms with van der Waals surface area (Å²) < 4.78 is 5.27. The zero-order chi connectivity index (χ0) is 15.7. The average molecular weight is 295 g/mol. The molecular weight excluding hydrogens is 274 g/mol. The number of Topliss-reactive ketones (excluding diaryl/α,β-unsaturated/α-hetero) is 1. The van der Waals surface area contributed by atoms with Gasteiger partial charge in [-0.1, -0.05) is 26.0 Å². The third kappa shape index (κ3) is 2.52. The highest BCUT2D eigenvalue weighted by Crippen LogP contribution is 2.36. The summed E-state index contributed by atoms with van der Waals surface area (Å²) in [7, 11) is 1.66. The Balaban J connectivity index is 2.04. The van der Waals surface area contributed by atoms with Crippen LogP contribution in [-0.2, 0) is 0 Å². The lowest BCUT2D eigenvalue weighted by atomic mass is 9.78. The van der Waals surface area contributed by atoms with Gasteiger partial charge in [-0.25, -0.2) is 0 Å². The molecule has 0 aliphatic heterocycles. The Kier molecular flexibility index (Phi) is 3.97. The third-order valence-corrected chi connectivity index (χ3v) is 4.52. The highest BCUT2D eigenvalue weighted by molar-refractivity contribution is 6.00. The number of rotatable bonds is 3. The first-order valence-electron chi connectivity index (χ1n) is 7.83. The number of hydrogen-bond acceptors (Lipinski definition) is 3. The summed E-state index contributed by atoms with van der Waals surface area (Å²) in [6, 6.07) is 11.7. The van der Waals surface area contributed by atoms with E-state index in [0.717, 1.165) is 41.1 Å². The minimum atomic E-state index is 0.145. The Morgan fingerprint density at radius 1 is 1.27 bits per heavy atom. The Labute approximate surface area is 131 Å². The predicted octanol–water partition coefficient (Wildman–Crippen LogP) is 4.47. The molecular formula is C19H21NO2. The van der Waals surface area contributed by atoms with Crippen molar-refractivity contribution in [2.75, 3.05) is 7.11 Å². The number of carbonyl (C=O) groups is 1. The summed E-state index contributed by atoms with van der Waals surface area (Å²) in [6.45, 7) is 4.24. The van der Waals surface area contributed by atoms with Crippen LogP contribution in [0.15, 0.2) is 36.4 Å². The van der Waals surface area contributed by atoms with Gasteiger partial charge in [-0.05, 0) is 43.0 Å². The summed E-state index contributed by atoms with van der Waals surface area (Å²) in [6.07, 6.45) is 1.80. The van der Waals surface area contributed by atoms with Gasteiger partial charge in [-0.2, -0.15) is 0 Å². The number of pyridine rings is 1. The van der Waals surface area contributed by atoms with Gasteiger partial charge in [0.15, 0.2) is 5.78 Å². The van der Waals surface area contributed by atoms with E-state index >= 15 is 0 Å². The fourth-order valence-electron chi connectivity index (χ4n) is 3.22. The molecule has 3 heteroatoms. The zero-order valence-corrected chi connectivity index (χ0v) is 13.3. The molecule has 1 aliphatic carbocycles. The summed E-state index contributed by atoms with van der Waals surface area (Å²) in [5.41, 5.74) is 3.65. The summed E-state index contributed by atoms with van der Waals surface area (Å²) >= 11 is 0. The van der Waals surface area contributed by atoms with E-state index in [9.17, 15) is 4.79 Å². The monoisotopic (exact) mass is 295 g/mol. The van der Waals surface area contributed by atoms with Crippen LogP contribution in [-0.4, -0.2) is 17.9 Å². The third-order valence-electron chi connectivity index (χ3n) is 4.52. The fraction of sp³-hybridized carbons (Fsp3) is 0.368. The van der Waals surface area contributed by atoms with Crippen molar-refractivity contribution in [1.82, 2.24) is 4.98 Å². The van der Waals surface area contributed by atoms with Gasteiger partial charge < -0.3 is 4.74 Å². The largest absolute Gasteiger partial charge is 0.497 e. The van der Waals surface area contributed by atoms with Crippen molar-refractivity contribution in [3.63, 3.8) is 0 Å². The van der Waals surface area contributed by atoms with E-state index in [1.165, 1.54) is 0 Å². The molecule has 0 radical (unpaired) electrons. The van der Waals surface area contributed by atoms with Crippen LogP contribution < -0.4 is 4.74 Å². The van der Waals surface area contributed by atoms with Crippen LogP contribution in [0.1, 0.15) is 48.7 Å². The molecule has 1 heterocycles. The molecule has 22 heavy (non-hydrogen) atoms. The Bertz CT molecular complexity index is 708. The average Bonchev–Trinajstić information content (AvgIpc) is 2.57. The Morgan fingerprint density at radius 2 is 2.09 bits per heavy atom. The lowest BCUT2D eigenvalue weighted by molar-refractivity contribution is 0.0889. The molecule has 0 fully saturated rings. The van der Waals surface area contributed by atoms with E-state index < -0.39 is 0 Å². The number of aromatic nitrogens is 1. The van der Waals surface area contributed by atoms with Crippen LogP contribution >= 0.6 is 0 Å². The number of hydrogen-bond donors (Lipinski definition) is 0. The lowest BCUT2D eigenvalue weighted by Gasteiger charge is -2.27. The van der Waals surface area contributed by atoms with Gasteiger partial charge in [0.05, 0.1) is 18.5 Å². The van der Waals surface area contributed by atoms with Crippen LogP contribution in [0.3, 0.4) is 0 Å². The van der Waals surface area contributed by atoms with Crippen molar-refractivity contribution in [2.45, 2.75) is 32.6 Å². The number of carbonyl (C=O) groups excluding carboxylic acids is 1. The fourth-order valence-corrected chi connectivity index (χ4v) is 3.22. The first-order valence-corrected chi connectivity index (χ1v) is 7.83. The summed E-state index contributed by atoms with van der Waals surface area (Å²) in [5.74, 6) is 1.53. The Morgan fingerprint density at radius 3 is 2.82 bits per heavy atom. The zero-order valence-electron chi connectivity index (χ0n) is 13.3. The highest BCUT2D eigenvalue weighted by Gasteiger charge is 2.31. The normalized spacial score (nSPS) is 20.6. The second-order valence-electron chi connectivity index (χ2n) is 5.97. The number of fused-ring (bicyclic) bond motifs is 1. The lowest BCUT2D eigenvalue weighted by Crippen LogP contribution is -2.25. The molecule has 3 nitrogen and oxygen atoms in total. The van der Waals surface area contributed by atoms with Crippen molar-refractivity contribution >= 4 is 5.78 Å². The van der Waals surface area contributed by atoms with Gasteiger partial charge in [-0.3, -0.25) is 9.78 Å². The van der Waals surface area contributed by atoms with Gasteiger partial charge in [0.1, 0.15) is 5.75 Å². The molecule has 0 bridgehead atoms. The minimum Gasteiger partial charge on any atom is -0.497 e. The van der Waals surface area contributed by atoms with Crippen LogP contribution in [0.5, 0.6) is 5.75 Å². The van der Waals surface area contributed by atoms with E-state index in [-0.39, 0.29) is 11.7 Å². The van der Waals surface area contributed by atoms with Crippen LogP contribution in [0.25, 0.3) is 11.3 Å². The van der Waals surface area contributed by atoms with Crippen molar-refractivity contribution in [1.29, 1.82) is 0 Å². The van der Waals surface area contributed by atoms with Gasteiger partial charge in [0.25, 0.3) is 0 Å². The van der Waals surface area contributed by atoms with Gasteiger partial charge in [0.2, 0.25) is 0 Å². The first kappa shape index (κ1) is 14.8. The maximum absolute atomic E-state index is 12.5. The quantitative estimate of drug-likeness (QED) is 0.838. The van der Waals surface area contributed by atoms with Crippen LogP contribution in [0.4, 0.5) is 0 Å². The molecule has 2 atom stereocenters. The predicted molar refractivity (Wildman–Crippen MR) is 87.4 cm³/mol.